The zero-order chi connectivity index (χ0) is 17.8. The van der Waals surface area contributed by atoms with E-state index in [0.29, 0.717) is 5.89 Å². The summed E-state index contributed by atoms with van der Waals surface area (Å²) in [6.45, 7) is 1.82. The number of aryl methyl sites for hydroxylation is 2. The number of hydrogen-bond acceptors (Lipinski definition) is 6. The van der Waals surface area contributed by atoms with E-state index in [1.54, 1.807) is 6.20 Å². The Morgan fingerprint density at radius 3 is 2.73 bits per heavy atom. The minimum Gasteiger partial charge on any atom is -0.355 e. The molecule has 0 saturated carbocycles. The van der Waals surface area contributed by atoms with Crippen molar-refractivity contribution in [2.24, 2.45) is 5.73 Å². The van der Waals surface area contributed by atoms with Crippen molar-refractivity contribution >= 4 is 5.82 Å². The predicted octanol–water partition coefficient (Wildman–Crippen LogP) is 2.84. The molecule has 0 spiro atoms. The first-order valence-electron chi connectivity index (χ1n) is 9.11. The highest BCUT2D eigenvalue weighted by atomic mass is 16.5. The van der Waals surface area contributed by atoms with E-state index < -0.39 is 0 Å². The summed E-state index contributed by atoms with van der Waals surface area (Å²) in [5.74, 6) is 2.21. The number of nitrogens with zero attached hydrogens (tertiary/aromatic N) is 4. The van der Waals surface area contributed by atoms with E-state index in [0.717, 1.165) is 56.0 Å². The predicted molar refractivity (Wildman–Crippen MR) is 101 cm³/mol. The molecule has 26 heavy (non-hydrogen) atoms. The first-order valence-corrected chi connectivity index (χ1v) is 9.11. The fraction of sp³-hybridized carbons (Fsp3) is 0.350. The van der Waals surface area contributed by atoms with E-state index in [-0.39, 0.29) is 6.04 Å². The molecule has 3 heterocycles. The van der Waals surface area contributed by atoms with Crippen molar-refractivity contribution in [3.8, 4) is 11.5 Å². The Balaban J connectivity index is 1.35. The van der Waals surface area contributed by atoms with Gasteiger partial charge in [0.25, 0.3) is 5.89 Å². The van der Waals surface area contributed by atoms with Crippen molar-refractivity contribution in [2.75, 3.05) is 18.0 Å². The molecule has 1 aliphatic heterocycles. The van der Waals surface area contributed by atoms with Crippen molar-refractivity contribution in [2.45, 2.75) is 31.7 Å². The van der Waals surface area contributed by atoms with Crippen LogP contribution in [0, 0.1) is 0 Å². The number of pyridine rings is 1. The molecule has 1 atom stereocenters. The van der Waals surface area contributed by atoms with Crippen LogP contribution in [-0.4, -0.2) is 34.3 Å². The highest BCUT2D eigenvalue weighted by Gasteiger charge is 2.20. The smallest absolute Gasteiger partial charge is 0.259 e. The van der Waals surface area contributed by atoms with Gasteiger partial charge in [0, 0.05) is 31.7 Å². The zero-order valence-electron chi connectivity index (χ0n) is 14.7. The SMILES string of the molecule is N[C@@H]1CCN(c2ccc(-c3nc(CCCc4ccccc4)no3)cn2)C1. The average molecular weight is 349 g/mol. The van der Waals surface area contributed by atoms with Crippen LogP contribution in [0.4, 0.5) is 5.82 Å². The van der Waals surface area contributed by atoms with Gasteiger partial charge >= 0.3 is 0 Å². The van der Waals surface area contributed by atoms with Crippen molar-refractivity contribution in [1.82, 2.24) is 15.1 Å². The molecule has 6 nitrogen and oxygen atoms in total. The molecule has 1 aromatic carbocycles. The lowest BCUT2D eigenvalue weighted by Gasteiger charge is -2.16. The molecule has 0 unspecified atom stereocenters. The standard InChI is InChI=1S/C20H23N5O/c21-17-11-12-25(14-17)19-10-9-16(13-22-19)20-23-18(24-26-20)8-4-7-15-5-2-1-3-6-15/h1-3,5-6,9-10,13,17H,4,7-8,11-12,14,21H2/t17-/m1/s1. The topological polar surface area (TPSA) is 81.1 Å². The van der Waals surface area contributed by atoms with E-state index >= 15 is 0 Å². The number of anilines is 1. The monoisotopic (exact) mass is 349 g/mol. The molecule has 1 saturated heterocycles. The van der Waals surface area contributed by atoms with Gasteiger partial charge < -0.3 is 15.2 Å². The molecule has 4 rings (SSSR count). The first-order chi connectivity index (χ1) is 12.8. The summed E-state index contributed by atoms with van der Waals surface area (Å²) in [5.41, 5.74) is 8.14. The second kappa shape index (κ2) is 7.66. The van der Waals surface area contributed by atoms with Crippen LogP contribution in [0.15, 0.2) is 53.2 Å². The fourth-order valence-electron chi connectivity index (χ4n) is 3.26. The van der Waals surface area contributed by atoms with Crippen LogP contribution in [0.2, 0.25) is 0 Å². The number of nitrogens with two attached hydrogens (primary N) is 1. The molecular weight excluding hydrogens is 326 g/mol. The van der Waals surface area contributed by atoms with Crippen molar-refractivity contribution in [1.29, 1.82) is 0 Å². The van der Waals surface area contributed by atoms with Gasteiger partial charge in [-0.3, -0.25) is 0 Å². The van der Waals surface area contributed by atoms with Gasteiger partial charge in [0.1, 0.15) is 5.82 Å². The van der Waals surface area contributed by atoms with Crippen molar-refractivity contribution < 1.29 is 4.52 Å². The Labute approximate surface area is 153 Å². The third-order valence-electron chi connectivity index (χ3n) is 4.72. The summed E-state index contributed by atoms with van der Waals surface area (Å²) in [7, 11) is 0. The first kappa shape index (κ1) is 16.7. The number of rotatable bonds is 6. The Kier molecular flexibility index (Phi) is 4.93. The normalized spacial score (nSPS) is 17.0. The second-order valence-corrected chi connectivity index (χ2v) is 6.75. The van der Waals surface area contributed by atoms with Crippen LogP contribution in [0.3, 0.4) is 0 Å². The Bertz CT molecular complexity index is 831. The Hall–Kier alpha value is -2.73. The molecule has 2 N–H and O–H groups in total. The molecule has 0 radical (unpaired) electrons. The summed E-state index contributed by atoms with van der Waals surface area (Å²) in [4.78, 5) is 11.2. The molecule has 3 aromatic rings. The van der Waals surface area contributed by atoms with Crippen LogP contribution >= 0.6 is 0 Å². The molecule has 0 aliphatic carbocycles. The second-order valence-electron chi connectivity index (χ2n) is 6.75. The van der Waals surface area contributed by atoms with Gasteiger partial charge in [0.15, 0.2) is 5.82 Å². The highest BCUT2D eigenvalue weighted by molar-refractivity contribution is 5.55. The summed E-state index contributed by atoms with van der Waals surface area (Å²) < 4.78 is 5.40. The van der Waals surface area contributed by atoms with E-state index in [4.69, 9.17) is 10.3 Å². The fourth-order valence-corrected chi connectivity index (χ4v) is 3.26. The molecule has 1 aliphatic rings. The van der Waals surface area contributed by atoms with Gasteiger partial charge in [0.2, 0.25) is 0 Å². The lowest BCUT2D eigenvalue weighted by molar-refractivity contribution is 0.421. The highest BCUT2D eigenvalue weighted by Crippen LogP contribution is 2.22. The summed E-state index contributed by atoms with van der Waals surface area (Å²) in [6, 6.07) is 14.7. The van der Waals surface area contributed by atoms with Gasteiger partial charge in [-0.15, -0.1) is 0 Å². The molecule has 2 aromatic heterocycles. The third-order valence-corrected chi connectivity index (χ3v) is 4.72. The van der Waals surface area contributed by atoms with Crippen LogP contribution in [0.1, 0.15) is 24.2 Å². The van der Waals surface area contributed by atoms with Crippen LogP contribution in [0.25, 0.3) is 11.5 Å². The molecule has 0 amide bonds. The van der Waals surface area contributed by atoms with Gasteiger partial charge in [-0.05, 0) is 37.0 Å². The third kappa shape index (κ3) is 3.91. The quantitative estimate of drug-likeness (QED) is 0.737. The van der Waals surface area contributed by atoms with Crippen molar-refractivity contribution in [3.63, 3.8) is 0 Å². The average Bonchev–Trinajstić information content (AvgIpc) is 3.32. The van der Waals surface area contributed by atoms with E-state index in [1.807, 2.05) is 18.2 Å². The molecule has 6 heteroatoms. The van der Waals surface area contributed by atoms with Crippen LogP contribution < -0.4 is 10.6 Å². The van der Waals surface area contributed by atoms with Gasteiger partial charge in [-0.2, -0.15) is 4.98 Å². The zero-order valence-corrected chi connectivity index (χ0v) is 14.7. The molecule has 134 valence electrons. The lowest BCUT2D eigenvalue weighted by Crippen LogP contribution is -2.26. The Morgan fingerprint density at radius 1 is 1.12 bits per heavy atom. The van der Waals surface area contributed by atoms with Crippen LogP contribution in [-0.2, 0) is 12.8 Å². The minimum absolute atomic E-state index is 0.242. The molecular formula is C20H23N5O. The number of aromatic nitrogens is 3. The van der Waals surface area contributed by atoms with Gasteiger partial charge in [-0.1, -0.05) is 35.5 Å². The molecule has 0 bridgehead atoms. The van der Waals surface area contributed by atoms with Gasteiger partial charge in [0.05, 0.1) is 5.56 Å². The largest absolute Gasteiger partial charge is 0.355 e. The lowest BCUT2D eigenvalue weighted by atomic mass is 10.1. The summed E-state index contributed by atoms with van der Waals surface area (Å²) in [5, 5.41) is 4.09. The maximum absolute atomic E-state index is 5.96. The van der Waals surface area contributed by atoms with E-state index in [2.05, 4.69) is 44.3 Å². The van der Waals surface area contributed by atoms with Crippen LogP contribution in [0.5, 0.6) is 0 Å². The minimum atomic E-state index is 0.242. The summed E-state index contributed by atoms with van der Waals surface area (Å²) >= 11 is 0. The van der Waals surface area contributed by atoms with Gasteiger partial charge in [-0.25, -0.2) is 4.98 Å². The maximum Gasteiger partial charge on any atom is 0.259 e. The van der Waals surface area contributed by atoms with Crippen molar-refractivity contribution in [3.05, 3.63) is 60.0 Å². The number of hydrogen-bond donors (Lipinski definition) is 1. The Morgan fingerprint density at radius 2 is 2.00 bits per heavy atom. The summed E-state index contributed by atoms with van der Waals surface area (Å²) in [6.07, 6.45) is 5.61. The van der Waals surface area contributed by atoms with E-state index in [9.17, 15) is 0 Å². The molecule has 1 fully saturated rings. The maximum atomic E-state index is 5.96. The number of benzene rings is 1. The van der Waals surface area contributed by atoms with E-state index in [1.165, 1.54) is 5.56 Å².